The van der Waals surface area contributed by atoms with Gasteiger partial charge in [-0.25, -0.2) is 9.37 Å². The van der Waals surface area contributed by atoms with E-state index in [0.717, 1.165) is 4.88 Å². The van der Waals surface area contributed by atoms with Gasteiger partial charge in [0.2, 0.25) is 0 Å². The van der Waals surface area contributed by atoms with Gasteiger partial charge in [0.15, 0.2) is 5.13 Å². The third-order valence-corrected chi connectivity index (χ3v) is 2.95. The molecule has 1 heterocycles. The Bertz CT molecular complexity index is 525. The van der Waals surface area contributed by atoms with Crippen molar-refractivity contribution in [2.75, 3.05) is 5.73 Å². The smallest absolute Gasteiger partial charge is 0.180 e. The monoisotopic (exact) mass is 252 g/mol. The van der Waals surface area contributed by atoms with Crippen LogP contribution in [-0.4, -0.2) is 11.1 Å². The van der Waals surface area contributed by atoms with Gasteiger partial charge in [-0.1, -0.05) is 11.3 Å². The average molecular weight is 252 g/mol. The van der Waals surface area contributed by atoms with E-state index in [0.29, 0.717) is 16.4 Å². The number of anilines is 1. The van der Waals surface area contributed by atoms with E-state index in [4.69, 9.17) is 10.5 Å². The number of rotatable bonds is 3. The Hall–Kier alpha value is -1.62. The molecular weight excluding hydrogens is 239 g/mol. The molecule has 0 aliphatic carbocycles. The van der Waals surface area contributed by atoms with Gasteiger partial charge in [0.25, 0.3) is 0 Å². The molecule has 0 aliphatic rings. The molecular formula is C12H13FN2OS. The molecule has 0 amide bonds. The van der Waals surface area contributed by atoms with Crippen LogP contribution in [0.1, 0.15) is 13.8 Å². The Morgan fingerprint density at radius 2 is 2.18 bits per heavy atom. The zero-order valence-corrected chi connectivity index (χ0v) is 10.4. The summed E-state index contributed by atoms with van der Waals surface area (Å²) in [6, 6.07) is 4.44. The van der Waals surface area contributed by atoms with E-state index in [-0.39, 0.29) is 11.9 Å². The lowest BCUT2D eigenvalue weighted by Crippen LogP contribution is -2.06. The standard InChI is InChI=1S/C12H13FN2OS/c1-7(2)16-10-4-3-8(13)5-9(10)11-6-15-12(14)17-11/h3-7H,1-2H3,(H2,14,15). The Labute approximate surface area is 103 Å². The maximum Gasteiger partial charge on any atom is 0.180 e. The molecule has 0 bridgehead atoms. The molecule has 3 nitrogen and oxygen atoms in total. The Kier molecular flexibility index (Phi) is 3.28. The Morgan fingerprint density at radius 1 is 1.41 bits per heavy atom. The molecule has 0 atom stereocenters. The number of nitrogens with two attached hydrogens (primary N) is 1. The fraction of sp³-hybridized carbons (Fsp3) is 0.250. The van der Waals surface area contributed by atoms with E-state index >= 15 is 0 Å². The number of benzene rings is 1. The van der Waals surface area contributed by atoms with E-state index in [9.17, 15) is 4.39 Å². The SMILES string of the molecule is CC(C)Oc1ccc(F)cc1-c1cnc(N)s1. The summed E-state index contributed by atoms with van der Waals surface area (Å²) >= 11 is 1.31. The molecule has 2 rings (SSSR count). The minimum absolute atomic E-state index is 0.0319. The van der Waals surface area contributed by atoms with Crippen LogP contribution in [0.25, 0.3) is 10.4 Å². The molecule has 1 aromatic heterocycles. The summed E-state index contributed by atoms with van der Waals surface area (Å²) < 4.78 is 18.9. The first kappa shape index (κ1) is 11.9. The molecule has 0 saturated heterocycles. The summed E-state index contributed by atoms with van der Waals surface area (Å²) in [4.78, 5) is 4.76. The van der Waals surface area contributed by atoms with Crippen LogP contribution in [0.5, 0.6) is 5.75 Å². The van der Waals surface area contributed by atoms with Gasteiger partial charge in [-0.3, -0.25) is 0 Å². The van der Waals surface area contributed by atoms with Gasteiger partial charge >= 0.3 is 0 Å². The van der Waals surface area contributed by atoms with E-state index in [1.165, 1.54) is 23.5 Å². The second kappa shape index (κ2) is 4.71. The summed E-state index contributed by atoms with van der Waals surface area (Å²) in [5.74, 6) is 0.341. The van der Waals surface area contributed by atoms with Crippen molar-refractivity contribution in [1.82, 2.24) is 4.98 Å². The first-order chi connectivity index (χ1) is 8.06. The average Bonchev–Trinajstić information content (AvgIpc) is 2.67. The predicted molar refractivity (Wildman–Crippen MR) is 67.7 cm³/mol. The van der Waals surface area contributed by atoms with Crippen LogP contribution < -0.4 is 10.5 Å². The summed E-state index contributed by atoms with van der Waals surface area (Å²) in [7, 11) is 0. The van der Waals surface area contributed by atoms with Gasteiger partial charge in [0, 0.05) is 11.8 Å². The minimum atomic E-state index is -0.303. The predicted octanol–water partition coefficient (Wildman–Crippen LogP) is 3.32. The van der Waals surface area contributed by atoms with Gasteiger partial charge in [-0.05, 0) is 32.0 Å². The highest BCUT2D eigenvalue weighted by Crippen LogP contribution is 2.35. The second-order valence-corrected chi connectivity index (χ2v) is 4.93. The van der Waals surface area contributed by atoms with Crippen LogP contribution in [0.2, 0.25) is 0 Å². The molecule has 0 radical (unpaired) electrons. The quantitative estimate of drug-likeness (QED) is 0.911. The Morgan fingerprint density at radius 3 is 2.76 bits per heavy atom. The van der Waals surface area contributed by atoms with Crippen molar-refractivity contribution >= 4 is 16.5 Å². The van der Waals surface area contributed by atoms with Crippen LogP contribution in [0.15, 0.2) is 24.4 Å². The van der Waals surface area contributed by atoms with Crippen molar-refractivity contribution in [2.45, 2.75) is 20.0 Å². The lowest BCUT2D eigenvalue weighted by molar-refractivity contribution is 0.243. The zero-order valence-electron chi connectivity index (χ0n) is 9.61. The normalized spacial score (nSPS) is 10.8. The number of nitrogens with zero attached hydrogens (tertiary/aromatic N) is 1. The van der Waals surface area contributed by atoms with E-state index in [1.807, 2.05) is 13.8 Å². The molecule has 0 aliphatic heterocycles. The van der Waals surface area contributed by atoms with Gasteiger partial charge in [-0.2, -0.15) is 0 Å². The van der Waals surface area contributed by atoms with Crippen molar-refractivity contribution in [3.8, 4) is 16.2 Å². The molecule has 1 aromatic carbocycles. The Balaban J connectivity index is 2.46. The highest BCUT2D eigenvalue weighted by molar-refractivity contribution is 7.18. The summed E-state index contributed by atoms with van der Waals surface area (Å²) in [5, 5.41) is 0.458. The molecule has 0 fully saturated rings. The minimum Gasteiger partial charge on any atom is -0.490 e. The van der Waals surface area contributed by atoms with Crippen molar-refractivity contribution in [3.05, 3.63) is 30.2 Å². The van der Waals surface area contributed by atoms with Crippen LogP contribution in [0, 0.1) is 5.82 Å². The number of halogens is 1. The van der Waals surface area contributed by atoms with Gasteiger partial charge in [0.1, 0.15) is 11.6 Å². The number of hydrogen-bond acceptors (Lipinski definition) is 4. The molecule has 0 unspecified atom stereocenters. The first-order valence-corrected chi connectivity index (χ1v) is 6.06. The molecule has 17 heavy (non-hydrogen) atoms. The highest BCUT2D eigenvalue weighted by atomic mass is 32.1. The summed E-state index contributed by atoms with van der Waals surface area (Å²) in [6.45, 7) is 3.85. The number of thiazole rings is 1. The highest BCUT2D eigenvalue weighted by Gasteiger charge is 2.11. The zero-order chi connectivity index (χ0) is 12.4. The number of aromatic nitrogens is 1. The topological polar surface area (TPSA) is 48.1 Å². The number of ether oxygens (including phenoxy) is 1. The van der Waals surface area contributed by atoms with Crippen LogP contribution in [0.4, 0.5) is 9.52 Å². The fourth-order valence-corrected chi connectivity index (χ4v) is 2.17. The second-order valence-electron chi connectivity index (χ2n) is 3.87. The number of hydrogen-bond donors (Lipinski definition) is 1. The van der Waals surface area contributed by atoms with Crippen LogP contribution in [0.3, 0.4) is 0 Å². The first-order valence-electron chi connectivity index (χ1n) is 5.24. The van der Waals surface area contributed by atoms with E-state index in [2.05, 4.69) is 4.98 Å². The maximum absolute atomic E-state index is 13.3. The molecule has 2 aromatic rings. The lowest BCUT2D eigenvalue weighted by Gasteiger charge is -2.13. The van der Waals surface area contributed by atoms with Crippen molar-refractivity contribution in [2.24, 2.45) is 0 Å². The van der Waals surface area contributed by atoms with Crippen molar-refractivity contribution < 1.29 is 9.13 Å². The molecule has 0 saturated carbocycles. The third kappa shape index (κ3) is 2.74. The summed E-state index contributed by atoms with van der Waals surface area (Å²) in [5.41, 5.74) is 6.27. The van der Waals surface area contributed by atoms with Gasteiger partial charge < -0.3 is 10.5 Å². The molecule has 5 heteroatoms. The molecule has 2 N–H and O–H groups in total. The van der Waals surface area contributed by atoms with Crippen molar-refractivity contribution in [1.29, 1.82) is 0 Å². The summed E-state index contributed by atoms with van der Waals surface area (Å²) in [6.07, 6.45) is 1.66. The van der Waals surface area contributed by atoms with E-state index < -0.39 is 0 Å². The fourth-order valence-electron chi connectivity index (χ4n) is 1.46. The molecule has 90 valence electrons. The third-order valence-electron chi connectivity index (χ3n) is 2.09. The van der Waals surface area contributed by atoms with Crippen molar-refractivity contribution in [3.63, 3.8) is 0 Å². The van der Waals surface area contributed by atoms with Gasteiger partial charge in [0.05, 0.1) is 11.0 Å². The molecule has 0 spiro atoms. The van der Waals surface area contributed by atoms with E-state index in [1.54, 1.807) is 12.3 Å². The largest absolute Gasteiger partial charge is 0.490 e. The van der Waals surface area contributed by atoms with Crippen LogP contribution >= 0.6 is 11.3 Å². The number of nitrogen functional groups attached to an aromatic ring is 1. The van der Waals surface area contributed by atoms with Gasteiger partial charge in [-0.15, -0.1) is 0 Å². The maximum atomic E-state index is 13.3. The lowest BCUT2D eigenvalue weighted by atomic mass is 10.1. The van der Waals surface area contributed by atoms with Crippen LogP contribution in [-0.2, 0) is 0 Å².